The molecule has 2 heteroatoms. The van der Waals surface area contributed by atoms with Crippen LogP contribution in [0.2, 0.25) is 0 Å². The van der Waals surface area contributed by atoms with Gasteiger partial charge in [-0.05, 0) is 47.7 Å². The first kappa shape index (κ1) is 16.4. The molecule has 3 aromatic rings. The van der Waals surface area contributed by atoms with Gasteiger partial charge in [-0.2, -0.15) is 0 Å². The predicted octanol–water partition coefficient (Wildman–Crippen LogP) is 6.56. The second-order valence-corrected chi connectivity index (χ2v) is 6.12. The van der Waals surface area contributed by atoms with Crippen molar-refractivity contribution in [2.75, 3.05) is 0 Å². The molecule has 3 rings (SSSR count). The van der Waals surface area contributed by atoms with Crippen LogP contribution in [-0.4, -0.2) is 0 Å². The maximum absolute atomic E-state index is 14.3. The number of aryl methyl sites for hydroxylation is 2. The van der Waals surface area contributed by atoms with Crippen LogP contribution in [0.3, 0.4) is 0 Å². The highest BCUT2D eigenvalue weighted by Gasteiger charge is 2.09. The summed E-state index contributed by atoms with van der Waals surface area (Å²) in [5.41, 5.74) is 4.63. The second-order valence-electron chi connectivity index (χ2n) is 6.12. The first-order valence-corrected chi connectivity index (χ1v) is 8.24. The molecule has 0 amide bonds. The molecular formula is C22H20F2. The summed E-state index contributed by atoms with van der Waals surface area (Å²) in [6, 6.07) is 17.9. The van der Waals surface area contributed by atoms with Gasteiger partial charge in [0.1, 0.15) is 11.6 Å². The molecule has 0 aliphatic carbocycles. The molecule has 0 atom stereocenters. The van der Waals surface area contributed by atoms with Gasteiger partial charge < -0.3 is 0 Å². The molecule has 0 N–H and O–H groups in total. The topological polar surface area (TPSA) is 0 Å². The van der Waals surface area contributed by atoms with Crippen LogP contribution in [0.25, 0.3) is 22.3 Å². The smallest absolute Gasteiger partial charge is 0.131 e. The Bertz CT molecular complexity index is 848. The Morgan fingerprint density at radius 3 is 1.75 bits per heavy atom. The molecule has 0 spiro atoms. The monoisotopic (exact) mass is 322 g/mol. The summed E-state index contributed by atoms with van der Waals surface area (Å²) < 4.78 is 28.4. The van der Waals surface area contributed by atoms with Crippen LogP contribution in [0.4, 0.5) is 8.78 Å². The van der Waals surface area contributed by atoms with E-state index in [1.54, 1.807) is 12.1 Å². The van der Waals surface area contributed by atoms with E-state index in [9.17, 15) is 8.78 Å². The van der Waals surface area contributed by atoms with Gasteiger partial charge in [0.25, 0.3) is 0 Å². The Hall–Kier alpha value is -2.48. The van der Waals surface area contributed by atoms with Crippen molar-refractivity contribution in [2.24, 2.45) is 0 Å². The molecule has 0 unspecified atom stereocenters. The van der Waals surface area contributed by atoms with Crippen molar-refractivity contribution < 1.29 is 8.78 Å². The van der Waals surface area contributed by atoms with Gasteiger partial charge >= 0.3 is 0 Å². The average Bonchev–Trinajstić information content (AvgIpc) is 2.56. The van der Waals surface area contributed by atoms with Gasteiger partial charge in [0.05, 0.1) is 0 Å². The summed E-state index contributed by atoms with van der Waals surface area (Å²) >= 11 is 0. The fourth-order valence-corrected chi connectivity index (χ4v) is 2.92. The average molecular weight is 322 g/mol. The Balaban J connectivity index is 1.92. The summed E-state index contributed by atoms with van der Waals surface area (Å²) in [6.07, 6.45) is 1.87. The summed E-state index contributed by atoms with van der Waals surface area (Å²) in [7, 11) is 0. The van der Waals surface area contributed by atoms with Gasteiger partial charge in [-0.15, -0.1) is 0 Å². The highest BCUT2D eigenvalue weighted by Crippen LogP contribution is 2.29. The Labute approximate surface area is 141 Å². The fraction of sp³-hybridized carbons (Fsp3) is 0.182. The van der Waals surface area contributed by atoms with Crippen LogP contribution in [-0.2, 0) is 6.42 Å². The third-order valence-corrected chi connectivity index (χ3v) is 4.20. The fourth-order valence-electron chi connectivity index (χ4n) is 2.92. The van der Waals surface area contributed by atoms with Gasteiger partial charge in [0.15, 0.2) is 0 Å². The van der Waals surface area contributed by atoms with E-state index in [0.717, 1.165) is 35.1 Å². The van der Waals surface area contributed by atoms with Crippen LogP contribution in [0.1, 0.15) is 24.5 Å². The Morgan fingerprint density at radius 1 is 0.708 bits per heavy atom. The molecule has 0 radical (unpaired) electrons. The molecule has 0 heterocycles. The zero-order chi connectivity index (χ0) is 17.1. The normalized spacial score (nSPS) is 10.8. The van der Waals surface area contributed by atoms with Crippen molar-refractivity contribution in [3.05, 3.63) is 83.4 Å². The van der Waals surface area contributed by atoms with Gasteiger partial charge in [-0.1, -0.05) is 61.9 Å². The molecule has 0 aliphatic rings. The van der Waals surface area contributed by atoms with Crippen molar-refractivity contribution in [1.82, 2.24) is 0 Å². The largest absolute Gasteiger partial charge is 0.206 e. The van der Waals surface area contributed by atoms with E-state index in [1.165, 1.54) is 6.07 Å². The quantitative estimate of drug-likeness (QED) is 0.510. The van der Waals surface area contributed by atoms with Crippen molar-refractivity contribution >= 4 is 0 Å². The minimum Gasteiger partial charge on any atom is -0.206 e. The SMILES string of the molecule is CCCc1ccc(-c2ccc(-c3ccc(C)cc3F)cc2)c(F)c1. The lowest BCUT2D eigenvalue weighted by Crippen LogP contribution is -1.90. The van der Waals surface area contributed by atoms with Gasteiger partial charge in [-0.3, -0.25) is 0 Å². The first-order chi connectivity index (χ1) is 11.6. The van der Waals surface area contributed by atoms with Crippen molar-refractivity contribution in [1.29, 1.82) is 0 Å². The molecule has 0 fully saturated rings. The van der Waals surface area contributed by atoms with Crippen LogP contribution in [0.15, 0.2) is 60.7 Å². The number of rotatable bonds is 4. The van der Waals surface area contributed by atoms with E-state index < -0.39 is 0 Å². The predicted molar refractivity (Wildman–Crippen MR) is 96.0 cm³/mol. The van der Waals surface area contributed by atoms with Crippen molar-refractivity contribution in [3.8, 4) is 22.3 Å². The minimum absolute atomic E-state index is 0.213. The van der Waals surface area contributed by atoms with E-state index in [4.69, 9.17) is 0 Å². The lowest BCUT2D eigenvalue weighted by molar-refractivity contribution is 0.628. The molecule has 0 bridgehead atoms. The second kappa shape index (κ2) is 6.96. The third kappa shape index (κ3) is 3.38. The molecule has 0 aromatic heterocycles. The van der Waals surface area contributed by atoms with E-state index >= 15 is 0 Å². The van der Waals surface area contributed by atoms with E-state index in [1.807, 2.05) is 49.4 Å². The maximum Gasteiger partial charge on any atom is 0.131 e. The molecule has 0 nitrogen and oxygen atoms in total. The van der Waals surface area contributed by atoms with Gasteiger partial charge in [0.2, 0.25) is 0 Å². The van der Waals surface area contributed by atoms with Crippen molar-refractivity contribution in [3.63, 3.8) is 0 Å². The summed E-state index contributed by atoms with van der Waals surface area (Å²) in [6.45, 7) is 3.94. The van der Waals surface area contributed by atoms with Gasteiger partial charge in [0, 0.05) is 11.1 Å². The summed E-state index contributed by atoms with van der Waals surface area (Å²) in [5.74, 6) is -0.451. The molecule has 0 saturated carbocycles. The van der Waals surface area contributed by atoms with E-state index in [-0.39, 0.29) is 11.6 Å². The van der Waals surface area contributed by atoms with Crippen LogP contribution >= 0.6 is 0 Å². The Kier molecular flexibility index (Phi) is 4.75. The van der Waals surface area contributed by atoms with Crippen LogP contribution in [0.5, 0.6) is 0 Å². The number of hydrogen-bond donors (Lipinski definition) is 0. The zero-order valence-electron chi connectivity index (χ0n) is 13.9. The zero-order valence-corrected chi connectivity index (χ0v) is 13.9. The first-order valence-electron chi connectivity index (χ1n) is 8.24. The maximum atomic E-state index is 14.3. The van der Waals surface area contributed by atoms with E-state index in [0.29, 0.717) is 11.1 Å². The molecule has 122 valence electrons. The highest BCUT2D eigenvalue weighted by atomic mass is 19.1. The molecular weight excluding hydrogens is 302 g/mol. The van der Waals surface area contributed by atoms with Crippen LogP contribution < -0.4 is 0 Å². The van der Waals surface area contributed by atoms with Gasteiger partial charge in [-0.25, -0.2) is 8.78 Å². The lowest BCUT2D eigenvalue weighted by atomic mass is 9.98. The molecule has 0 aliphatic heterocycles. The third-order valence-electron chi connectivity index (χ3n) is 4.20. The number of benzene rings is 3. The number of halogens is 2. The number of hydrogen-bond acceptors (Lipinski definition) is 0. The molecule has 24 heavy (non-hydrogen) atoms. The lowest BCUT2D eigenvalue weighted by Gasteiger charge is -2.09. The van der Waals surface area contributed by atoms with Crippen LogP contribution in [0, 0.1) is 18.6 Å². The Morgan fingerprint density at radius 2 is 1.25 bits per heavy atom. The summed E-state index contributed by atoms with van der Waals surface area (Å²) in [4.78, 5) is 0. The standard InChI is InChI=1S/C22H20F2/c1-3-4-16-6-12-20(22(24)14-16)18-9-7-17(8-10-18)19-11-5-15(2)13-21(19)23/h5-14H,3-4H2,1-2H3. The highest BCUT2D eigenvalue weighted by molar-refractivity contribution is 5.71. The molecule has 0 saturated heterocycles. The molecule has 3 aromatic carbocycles. The van der Waals surface area contributed by atoms with E-state index in [2.05, 4.69) is 6.92 Å². The summed E-state index contributed by atoms with van der Waals surface area (Å²) in [5, 5.41) is 0. The minimum atomic E-state index is -0.238. The van der Waals surface area contributed by atoms with Crippen molar-refractivity contribution in [2.45, 2.75) is 26.7 Å².